The van der Waals surface area contributed by atoms with E-state index in [1.807, 2.05) is 11.3 Å². The van der Waals surface area contributed by atoms with Gasteiger partial charge in [0.15, 0.2) is 0 Å². The van der Waals surface area contributed by atoms with Crippen LogP contribution >= 0.6 is 27.3 Å². The Balaban J connectivity index is 1.82. The minimum atomic E-state index is 0.372. The molecule has 1 aliphatic rings. The summed E-state index contributed by atoms with van der Waals surface area (Å²) in [7, 11) is 0. The fraction of sp³-hybridized carbons (Fsp3) is 0.375. The summed E-state index contributed by atoms with van der Waals surface area (Å²) in [5, 5.41) is 5.75. The van der Waals surface area contributed by atoms with Gasteiger partial charge in [-0.25, -0.2) is 0 Å². The van der Waals surface area contributed by atoms with E-state index in [1.54, 1.807) is 0 Å². The van der Waals surface area contributed by atoms with E-state index in [0.717, 1.165) is 26.2 Å². The highest BCUT2D eigenvalue weighted by Crippen LogP contribution is 2.28. The average molecular weight is 352 g/mol. The molecule has 1 unspecified atom stereocenters. The van der Waals surface area contributed by atoms with Crippen LogP contribution in [-0.2, 0) is 24.4 Å². The Labute approximate surface area is 132 Å². The number of nitrogens with one attached hydrogen (secondary N) is 1. The first-order chi connectivity index (χ1) is 9.76. The lowest BCUT2D eigenvalue weighted by Gasteiger charge is -2.18. The number of hydrogen-bond donors (Lipinski definition) is 1. The summed E-state index contributed by atoms with van der Waals surface area (Å²) in [6.45, 7) is 4.66. The van der Waals surface area contributed by atoms with Crippen LogP contribution in [0.4, 0.5) is 0 Å². The predicted octanol–water partition coefficient (Wildman–Crippen LogP) is 4.43. The molecule has 1 aromatic heterocycles. The van der Waals surface area contributed by atoms with Gasteiger partial charge in [-0.2, -0.15) is 0 Å². The molecule has 20 heavy (non-hydrogen) atoms. The van der Waals surface area contributed by atoms with Gasteiger partial charge in [0, 0.05) is 27.2 Å². The van der Waals surface area contributed by atoms with Crippen molar-refractivity contribution < 1.29 is 4.74 Å². The van der Waals surface area contributed by atoms with Crippen molar-refractivity contribution in [1.82, 2.24) is 5.32 Å². The van der Waals surface area contributed by atoms with E-state index in [2.05, 4.69) is 57.8 Å². The highest BCUT2D eigenvalue weighted by Gasteiger charge is 2.17. The maximum Gasteiger partial charge on any atom is 0.0725 e. The van der Waals surface area contributed by atoms with Crippen LogP contribution in [0.25, 0.3) is 0 Å². The zero-order chi connectivity index (χ0) is 13.9. The lowest BCUT2D eigenvalue weighted by molar-refractivity contribution is 0.134. The summed E-state index contributed by atoms with van der Waals surface area (Å²) >= 11 is 5.34. The molecule has 1 aromatic carbocycles. The Kier molecular flexibility index (Phi) is 4.56. The molecule has 1 aliphatic heterocycles. The first kappa shape index (κ1) is 14.3. The average Bonchev–Trinajstić information content (AvgIpc) is 3.06. The Morgan fingerprint density at radius 2 is 2.15 bits per heavy atom. The van der Waals surface area contributed by atoms with E-state index in [-0.39, 0.29) is 0 Å². The summed E-state index contributed by atoms with van der Waals surface area (Å²) in [6, 6.07) is 9.34. The molecule has 2 aromatic rings. The van der Waals surface area contributed by atoms with Crippen LogP contribution in [0.1, 0.15) is 34.5 Å². The number of thiophene rings is 1. The number of fused-ring (bicyclic) bond motifs is 1. The highest BCUT2D eigenvalue weighted by molar-refractivity contribution is 9.10. The number of halogens is 1. The van der Waals surface area contributed by atoms with Crippen LogP contribution in [0.2, 0.25) is 0 Å². The molecule has 0 saturated carbocycles. The topological polar surface area (TPSA) is 21.3 Å². The van der Waals surface area contributed by atoms with Crippen LogP contribution in [0.5, 0.6) is 0 Å². The van der Waals surface area contributed by atoms with Crippen molar-refractivity contribution in [1.29, 1.82) is 0 Å². The fourth-order valence-electron chi connectivity index (χ4n) is 2.63. The van der Waals surface area contributed by atoms with Crippen LogP contribution in [0.15, 0.2) is 34.1 Å². The number of benzene rings is 1. The first-order valence-electron chi connectivity index (χ1n) is 6.92. The normalized spacial score (nSPS) is 15.3. The molecule has 0 spiro atoms. The maximum absolute atomic E-state index is 5.51. The van der Waals surface area contributed by atoms with E-state index in [1.165, 1.54) is 26.0 Å². The summed E-state index contributed by atoms with van der Waals surface area (Å²) in [6.07, 6.45) is 1.03. The van der Waals surface area contributed by atoms with Crippen molar-refractivity contribution in [3.63, 3.8) is 0 Å². The second-order valence-corrected chi connectivity index (χ2v) is 6.98. The van der Waals surface area contributed by atoms with Crippen LogP contribution in [-0.4, -0.2) is 6.54 Å². The van der Waals surface area contributed by atoms with Crippen LogP contribution < -0.4 is 5.32 Å². The van der Waals surface area contributed by atoms with Gasteiger partial charge in [-0.05, 0) is 45.2 Å². The third-order valence-corrected chi connectivity index (χ3v) is 5.35. The molecule has 1 N–H and O–H groups in total. The molecule has 4 heteroatoms. The molecular formula is C16H18BrNOS. The highest BCUT2D eigenvalue weighted by atomic mass is 79.9. The predicted molar refractivity (Wildman–Crippen MR) is 87.1 cm³/mol. The second kappa shape index (κ2) is 6.39. The van der Waals surface area contributed by atoms with Gasteiger partial charge < -0.3 is 10.1 Å². The van der Waals surface area contributed by atoms with Gasteiger partial charge in [-0.15, -0.1) is 11.3 Å². The van der Waals surface area contributed by atoms with E-state index >= 15 is 0 Å². The van der Waals surface area contributed by atoms with Crippen molar-refractivity contribution in [2.24, 2.45) is 0 Å². The Bertz CT molecular complexity index is 596. The molecule has 0 bridgehead atoms. The molecule has 0 aliphatic carbocycles. The zero-order valence-electron chi connectivity index (χ0n) is 11.5. The third kappa shape index (κ3) is 3.14. The largest absolute Gasteiger partial charge is 0.372 e. The zero-order valence-corrected chi connectivity index (χ0v) is 13.9. The van der Waals surface area contributed by atoms with Gasteiger partial charge in [-0.3, -0.25) is 0 Å². The van der Waals surface area contributed by atoms with Gasteiger partial charge in [0.05, 0.1) is 13.2 Å². The lowest BCUT2D eigenvalue weighted by atomic mass is 9.98. The minimum absolute atomic E-state index is 0.372. The molecule has 0 amide bonds. The van der Waals surface area contributed by atoms with E-state index in [4.69, 9.17) is 4.74 Å². The Morgan fingerprint density at radius 1 is 1.30 bits per heavy atom. The molecular weight excluding hydrogens is 334 g/mol. The van der Waals surface area contributed by atoms with E-state index in [0.29, 0.717) is 6.04 Å². The maximum atomic E-state index is 5.51. The summed E-state index contributed by atoms with van der Waals surface area (Å²) in [5.41, 5.74) is 4.04. The van der Waals surface area contributed by atoms with E-state index in [9.17, 15) is 0 Å². The molecule has 2 nitrogen and oxygen atoms in total. The number of likely N-dealkylation sites (N-methyl/N-ethyl adjacent to an activating group) is 1. The van der Waals surface area contributed by atoms with Gasteiger partial charge in [0.1, 0.15) is 0 Å². The minimum Gasteiger partial charge on any atom is -0.372 e. The molecule has 0 fully saturated rings. The van der Waals surface area contributed by atoms with Crippen molar-refractivity contribution in [3.8, 4) is 0 Å². The van der Waals surface area contributed by atoms with Crippen molar-refractivity contribution in [2.45, 2.75) is 32.6 Å². The summed E-state index contributed by atoms with van der Waals surface area (Å²) in [4.78, 5) is 1.40. The Morgan fingerprint density at radius 3 is 2.90 bits per heavy atom. The number of ether oxygens (including phenoxy) is 1. The van der Waals surface area contributed by atoms with E-state index < -0.39 is 0 Å². The fourth-order valence-corrected chi connectivity index (χ4v) is 4.12. The van der Waals surface area contributed by atoms with Crippen LogP contribution in [0, 0.1) is 0 Å². The first-order valence-corrected chi connectivity index (χ1v) is 8.59. The molecule has 1 atom stereocenters. The molecule has 3 rings (SSSR count). The van der Waals surface area contributed by atoms with Gasteiger partial charge in [-0.1, -0.05) is 25.1 Å². The summed E-state index contributed by atoms with van der Waals surface area (Å²) < 4.78 is 6.68. The molecule has 0 radical (unpaired) electrons. The third-order valence-electron chi connectivity index (χ3n) is 3.63. The van der Waals surface area contributed by atoms with Crippen molar-refractivity contribution in [2.75, 3.05) is 6.54 Å². The second-order valence-electron chi connectivity index (χ2n) is 5.07. The Hall–Kier alpha value is -0.680. The molecule has 106 valence electrons. The van der Waals surface area contributed by atoms with Gasteiger partial charge in [0.25, 0.3) is 0 Å². The van der Waals surface area contributed by atoms with Crippen molar-refractivity contribution >= 4 is 27.3 Å². The lowest BCUT2D eigenvalue weighted by Crippen LogP contribution is -2.22. The standard InChI is InChI=1S/C16H18BrNOS/c1-2-18-16(7-15-6-14(17)10-20-15)11-3-4-12-8-19-9-13(12)5-11/h3-6,10,16,18H,2,7-9H2,1H3. The quantitative estimate of drug-likeness (QED) is 0.859. The van der Waals surface area contributed by atoms with Gasteiger partial charge in [0.2, 0.25) is 0 Å². The molecule has 2 heterocycles. The number of rotatable bonds is 5. The SMILES string of the molecule is CCNC(Cc1cc(Br)cs1)c1ccc2c(c1)COC2. The smallest absolute Gasteiger partial charge is 0.0725 e. The van der Waals surface area contributed by atoms with Crippen molar-refractivity contribution in [3.05, 3.63) is 55.7 Å². The molecule has 0 saturated heterocycles. The van der Waals surface area contributed by atoms with Crippen LogP contribution in [0.3, 0.4) is 0 Å². The monoisotopic (exact) mass is 351 g/mol. The van der Waals surface area contributed by atoms with Gasteiger partial charge >= 0.3 is 0 Å². The summed E-state index contributed by atoms with van der Waals surface area (Å²) in [5.74, 6) is 0. The number of hydrogen-bond acceptors (Lipinski definition) is 3.